The first-order valence-corrected chi connectivity index (χ1v) is 7.50. The molecule has 4 heteroatoms. The highest BCUT2D eigenvalue weighted by Crippen LogP contribution is 2.30. The highest BCUT2D eigenvalue weighted by Gasteiger charge is 2.26. The molecule has 2 unspecified atom stereocenters. The summed E-state index contributed by atoms with van der Waals surface area (Å²) in [5, 5.41) is 12.5. The van der Waals surface area contributed by atoms with Gasteiger partial charge in [0.1, 0.15) is 5.69 Å². The second-order valence-corrected chi connectivity index (χ2v) is 6.00. The lowest BCUT2D eigenvalue weighted by molar-refractivity contribution is 0.0690. The maximum Gasteiger partial charge on any atom is 0.354 e. The Morgan fingerprint density at radius 2 is 2.15 bits per heavy atom. The van der Waals surface area contributed by atoms with Crippen LogP contribution in [0.15, 0.2) is 18.2 Å². The number of nitrogens with zero attached hydrogens (tertiary/aromatic N) is 1. The second-order valence-electron chi connectivity index (χ2n) is 6.00. The van der Waals surface area contributed by atoms with Gasteiger partial charge in [-0.2, -0.15) is 0 Å². The van der Waals surface area contributed by atoms with E-state index in [0.717, 1.165) is 5.69 Å². The Labute approximate surface area is 120 Å². The van der Waals surface area contributed by atoms with Crippen molar-refractivity contribution in [2.24, 2.45) is 11.8 Å². The first-order valence-electron chi connectivity index (χ1n) is 7.50. The number of rotatable bonds is 5. The van der Waals surface area contributed by atoms with Gasteiger partial charge < -0.3 is 10.4 Å². The van der Waals surface area contributed by atoms with E-state index in [-0.39, 0.29) is 5.69 Å². The number of nitrogens with one attached hydrogen (secondary N) is 1. The summed E-state index contributed by atoms with van der Waals surface area (Å²) in [6.07, 6.45) is 5.11. The zero-order valence-corrected chi connectivity index (χ0v) is 12.3. The van der Waals surface area contributed by atoms with Crippen molar-refractivity contribution in [3.05, 3.63) is 29.6 Å². The smallest absolute Gasteiger partial charge is 0.354 e. The van der Waals surface area contributed by atoms with Gasteiger partial charge in [-0.25, -0.2) is 9.78 Å². The molecule has 1 heterocycles. The topological polar surface area (TPSA) is 62.2 Å². The molecule has 2 atom stereocenters. The zero-order valence-electron chi connectivity index (χ0n) is 12.3. The third-order valence-corrected chi connectivity index (χ3v) is 4.25. The quantitative estimate of drug-likeness (QED) is 0.867. The molecular weight excluding hydrogens is 252 g/mol. The molecule has 0 spiro atoms. The van der Waals surface area contributed by atoms with Crippen molar-refractivity contribution in [3.63, 3.8) is 0 Å². The lowest BCUT2D eigenvalue weighted by atomic mass is 9.78. The van der Waals surface area contributed by atoms with Gasteiger partial charge >= 0.3 is 5.97 Å². The normalized spacial score (nSPS) is 22.9. The van der Waals surface area contributed by atoms with Gasteiger partial charge in [-0.15, -0.1) is 0 Å². The fourth-order valence-electron chi connectivity index (χ4n) is 3.14. The highest BCUT2D eigenvalue weighted by atomic mass is 16.4. The second kappa shape index (κ2) is 6.84. The average Bonchev–Trinajstić information content (AvgIpc) is 2.45. The van der Waals surface area contributed by atoms with Crippen LogP contribution < -0.4 is 5.32 Å². The predicted octanol–water partition coefficient (Wildman–Crippen LogP) is 3.08. The lowest BCUT2D eigenvalue weighted by Crippen LogP contribution is -2.40. The molecule has 1 saturated carbocycles. The minimum absolute atomic E-state index is 0.119. The van der Waals surface area contributed by atoms with Gasteiger partial charge in [0, 0.05) is 12.6 Å². The van der Waals surface area contributed by atoms with E-state index >= 15 is 0 Å². The molecule has 0 saturated heterocycles. The molecule has 1 aliphatic carbocycles. The van der Waals surface area contributed by atoms with Gasteiger partial charge in [0.25, 0.3) is 0 Å². The summed E-state index contributed by atoms with van der Waals surface area (Å²) in [6, 6.07) is 5.70. The minimum Gasteiger partial charge on any atom is -0.477 e. The van der Waals surface area contributed by atoms with Crippen LogP contribution >= 0.6 is 0 Å². The van der Waals surface area contributed by atoms with Gasteiger partial charge in [0.15, 0.2) is 0 Å². The van der Waals surface area contributed by atoms with Crippen LogP contribution in [0, 0.1) is 11.8 Å². The number of aromatic carboxylic acids is 1. The summed E-state index contributed by atoms with van der Waals surface area (Å²) in [5.41, 5.74) is 0.923. The number of aromatic nitrogens is 1. The Kier molecular flexibility index (Phi) is 5.12. The summed E-state index contributed by atoms with van der Waals surface area (Å²) in [5.74, 6) is 0.432. The van der Waals surface area contributed by atoms with E-state index in [1.165, 1.54) is 31.7 Å². The SMILES string of the molecule is CC(C)C1CCCCC1NCc1cccc(C(=O)O)n1. The van der Waals surface area contributed by atoms with Crippen molar-refractivity contribution in [1.29, 1.82) is 0 Å². The number of hydrogen-bond acceptors (Lipinski definition) is 3. The van der Waals surface area contributed by atoms with Crippen LogP contribution in [-0.2, 0) is 6.54 Å². The van der Waals surface area contributed by atoms with Crippen LogP contribution in [-0.4, -0.2) is 22.1 Å². The van der Waals surface area contributed by atoms with Gasteiger partial charge in [-0.3, -0.25) is 0 Å². The van der Waals surface area contributed by atoms with Crippen LogP contribution in [0.3, 0.4) is 0 Å². The van der Waals surface area contributed by atoms with Gasteiger partial charge in [0.2, 0.25) is 0 Å². The molecule has 110 valence electrons. The molecule has 0 amide bonds. The third kappa shape index (κ3) is 3.79. The van der Waals surface area contributed by atoms with Crippen molar-refractivity contribution in [1.82, 2.24) is 10.3 Å². The lowest BCUT2D eigenvalue weighted by Gasteiger charge is -2.35. The largest absolute Gasteiger partial charge is 0.477 e. The molecule has 1 fully saturated rings. The molecular formula is C16H24N2O2. The van der Waals surface area contributed by atoms with Crippen molar-refractivity contribution in [3.8, 4) is 0 Å². The van der Waals surface area contributed by atoms with E-state index in [1.807, 2.05) is 6.07 Å². The standard InChI is InChI=1S/C16H24N2O2/c1-11(2)13-7-3-4-8-14(13)17-10-12-6-5-9-15(18-12)16(19)20/h5-6,9,11,13-14,17H,3-4,7-8,10H2,1-2H3,(H,19,20). The first kappa shape index (κ1) is 15.0. The molecule has 0 radical (unpaired) electrons. The van der Waals surface area contributed by atoms with E-state index < -0.39 is 5.97 Å². The Hall–Kier alpha value is -1.42. The van der Waals surface area contributed by atoms with E-state index in [4.69, 9.17) is 5.11 Å². The molecule has 1 aromatic heterocycles. The first-order chi connectivity index (χ1) is 9.58. The number of hydrogen-bond donors (Lipinski definition) is 2. The molecule has 0 bridgehead atoms. The van der Waals surface area contributed by atoms with Crippen LogP contribution in [0.25, 0.3) is 0 Å². The Balaban J connectivity index is 1.96. The summed E-state index contributed by atoms with van der Waals surface area (Å²) in [7, 11) is 0. The van der Waals surface area contributed by atoms with E-state index in [1.54, 1.807) is 6.07 Å². The molecule has 20 heavy (non-hydrogen) atoms. The summed E-state index contributed by atoms with van der Waals surface area (Å²) in [4.78, 5) is 15.1. The van der Waals surface area contributed by atoms with Crippen LogP contribution in [0.4, 0.5) is 0 Å². The minimum atomic E-state index is -0.968. The number of carbonyl (C=O) groups is 1. The fourth-order valence-corrected chi connectivity index (χ4v) is 3.14. The van der Waals surface area contributed by atoms with Crippen LogP contribution in [0.1, 0.15) is 55.7 Å². The highest BCUT2D eigenvalue weighted by molar-refractivity contribution is 5.85. The van der Waals surface area contributed by atoms with Crippen LogP contribution in [0.5, 0.6) is 0 Å². The molecule has 4 nitrogen and oxygen atoms in total. The van der Waals surface area contributed by atoms with E-state index in [9.17, 15) is 4.79 Å². The summed E-state index contributed by atoms with van der Waals surface area (Å²) >= 11 is 0. The maximum atomic E-state index is 10.9. The van der Waals surface area contributed by atoms with Gasteiger partial charge in [-0.1, -0.05) is 32.8 Å². The van der Waals surface area contributed by atoms with Crippen molar-refractivity contribution in [2.45, 2.75) is 52.1 Å². The van der Waals surface area contributed by atoms with Gasteiger partial charge in [0.05, 0.1) is 5.69 Å². The molecule has 1 aliphatic rings. The third-order valence-electron chi connectivity index (χ3n) is 4.25. The van der Waals surface area contributed by atoms with Gasteiger partial charge in [-0.05, 0) is 36.8 Å². The van der Waals surface area contributed by atoms with E-state index in [0.29, 0.717) is 24.4 Å². The Bertz CT molecular complexity index is 460. The number of pyridine rings is 1. The summed E-state index contributed by atoms with van der Waals surface area (Å²) in [6.45, 7) is 5.22. The Morgan fingerprint density at radius 1 is 1.40 bits per heavy atom. The average molecular weight is 276 g/mol. The number of carboxylic acids is 1. The molecule has 2 rings (SSSR count). The monoisotopic (exact) mass is 276 g/mol. The Morgan fingerprint density at radius 3 is 2.85 bits per heavy atom. The van der Waals surface area contributed by atoms with Crippen molar-refractivity contribution < 1.29 is 9.90 Å². The maximum absolute atomic E-state index is 10.9. The number of carboxylic acid groups (broad SMARTS) is 1. The summed E-state index contributed by atoms with van der Waals surface area (Å²) < 4.78 is 0. The van der Waals surface area contributed by atoms with Crippen molar-refractivity contribution >= 4 is 5.97 Å². The molecule has 2 N–H and O–H groups in total. The molecule has 0 aliphatic heterocycles. The van der Waals surface area contributed by atoms with Crippen LogP contribution in [0.2, 0.25) is 0 Å². The fraction of sp³-hybridized carbons (Fsp3) is 0.625. The molecule has 0 aromatic carbocycles. The molecule has 1 aromatic rings. The predicted molar refractivity (Wildman–Crippen MR) is 78.6 cm³/mol. The van der Waals surface area contributed by atoms with Crippen molar-refractivity contribution in [2.75, 3.05) is 0 Å². The zero-order chi connectivity index (χ0) is 14.5. The van der Waals surface area contributed by atoms with E-state index in [2.05, 4.69) is 24.1 Å².